The molecule has 3 rings (SSSR count). The second kappa shape index (κ2) is 3.84. The zero-order valence-corrected chi connectivity index (χ0v) is 9.87. The van der Waals surface area contributed by atoms with Crippen LogP contribution in [0.3, 0.4) is 0 Å². The van der Waals surface area contributed by atoms with Crippen molar-refractivity contribution >= 4 is 16.7 Å². The SMILES string of the molecule is Cc1ccc(N)c(-c2nc3c(F)cccc3[nH]2)c1. The van der Waals surface area contributed by atoms with Gasteiger partial charge in [0.1, 0.15) is 11.3 Å². The maximum absolute atomic E-state index is 13.6. The van der Waals surface area contributed by atoms with E-state index in [1.807, 2.05) is 25.1 Å². The molecule has 0 aliphatic rings. The fourth-order valence-corrected chi connectivity index (χ4v) is 2.00. The molecule has 3 nitrogen and oxygen atoms in total. The summed E-state index contributed by atoms with van der Waals surface area (Å²) in [5.74, 6) is 0.262. The molecule has 0 unspecified atom stereocenters. The molecule has 0 aliphatic heterocycles. The van der Waals surface area contributed by atoms with Gasteiger partial charge in [0.2, 0.25) is 0 Å². The standard InChI is InChI=1S/C14H12FN3/c1-8-5-6-11(16)9(7-8)14-17-12-4-2-3-10(15)13(12)18-14/h2-7H,16H2,1H3,(H,17,18). The maximum atomic E-state index is 13.6. The average Bonchev–Trinajstić information content (AvgIpc) is 2.77. The molecule has 0 saturated heterocycles. The zero-order chi connectivity index (χ0) is 12.7. The van der Waals surface area contributed by atoms with Crippen molar-refractivity contribution in [2.75, 3.05) is 5.73 Å². The number of rotatable bonds is 1. The summed E-state index contributed by atoms with van der Waals surface area (Å²) in [5, 5.41) is 0. The molecular weight excluding hydrogens is 229 g/mol. The van der Waals surface area contributed by atoms with Crippen molar-refractivity contribution in [1.29, 1.82) is 0 Å². The van der Waals surface area contributed by atoms with Crippen LogP contribution in [0.5, 0.6) is 0 Å². The number of nitrogens with one attached hydrogen (secondary N) is 1. The van der Waals surface area contributed by atoms with Crippen LogP contribution in [0.2, 0.25) is 0 Å². The van der Waals surface area contributed by atoms with Crippen LogP contribution in [0.15, 0.2) is 36.4 Å². The van der Waals surface area contributed by atoms with Gasteiger partial charge in [-0.3, -0.25) is 0 Å². The summed E-state index contributed by atoms with van der Waals surface area (Å²) in [6, 6.07) is 10.5. The van der Waals surface area contributed by atoms with Crippen LogP contribution < -0.4 is 5.73 Å². The summed E-state index contributed by atoms with van der Waals surface area (Å²) in [6.45, 7) is 1.98. The fourth-order valence-electron chi connectivity index (χ4n) is 2.00. The van der Waals surface area contributed by atoms with Crippen molar-refractivity contribution in [3.05, 3.63) is 47.8 Å². The molecule has 0 bridgehead atoms. The lowest BCUT2D eigenvalue weighted by Gasteiger charge is -2.03. The van der Waals surface area contributed by atoms with Gasteiger partial charge in [-0.05, 0) is 31.2 Å². The van der Waals surface area contributed by atoms with Crippen LogP contribution in [0.1, 0.15) is 5.56 Å². The Balaban J connectivity index is 2.26. The second-order valence-electron chi connectivity index (χ2n) is 4.31. The van der Waals surface area contributed by atoms with Crippen LogP contribution in [-0.4, -0.2) is 9.97 Å². The molecule has 2 aromatic carbocycles. The number of nitrogen functional groups attached to an aromatic ring is 1. The molecule has 90 valence electrons. The Morgan fingerprint density at radius 3 is 2.83 bits per heavy atom. The largest absolute Gasteiger partial charge is 0.398 e. The highest BCUT2D eigenvalue weighted by atomic mass is 19.1. The second-order valence-corrected chi connectivity index (χ2v) is 4.31. The molecule has 3 aromatic rings. The number of benzene rings is 2. The third-order valence-electron chi connectivity index (χ3n) is 2.93. The monoisotopic (exact) mass is 241 g/mol. The molecule has 0 aliphatic carbocycles. The zero-order valence-electron chi connectivity index (χ0n) is 9.87. The van der Waals surface area contributed by atoms with Gasteiger partial charge >= 0.3 is 0 Å². The van der Waals surface area contributed by atoms with E-state index in [0.717, 1.165) is 11.1 Å². The van der Waals surface area contributed by atoms with E-state index in [-0.39, 0.29) is 5.82 Å². The van der Waals surface area contributed by atoms with Crippen molar-refractivity contribution in [3.63, 3.8) is 0 Å². The van der Waals surface area contributed by atoms with E-state index in [4.69, 9.17) is 5.73 Å². The topological polar surface area (TPSA) is 54.7 Å². The summed E-state index contributed by atoms with van der Waals surface area (Å²) in [6.07, 6.45) is 0. The number of aryl methyl sites for hydroxylation is 1. The maximum Gasteiger partial charge on any atom is 0.151 e. The van der Waals surface area contributed by atoms with Gasteiger partial charge in [0.15, 0.2) is 5.82 Å². The molecule has 1 aromatic heterocycles. The Hall–Kier alpha value is -2.36. The summed E-state index contributed by atoms with van der Waals surface area (Å²) in [4.78, 5) is 7.36. The van der Waals surface area contributed by atoms with Gasteiger partial charge in [0.05, 0.1) is 5.52 Å². The first-order chi connectivity index (χ1) is 8.65. The van der Waals surface area contributed by atoms with Gasteiger partial charge in [-0.15, -0.1) is 0 Å². The summed E-state index contributed by atoms with van der Waals surface area (Å²) in [5.41, 5.74) is 9.45. The number of aromatic amines is 1. The highest BCUT2D eigenvalue weighted by Crippen LogP contribution is 2.27. The number of aromatic nitrogens is 2. The molecule has 4 heteroatoms. The highest BCUT2D eigenvalue weighted by molar-refractivity contribution is 5.83. The third kappa shape index (κ3) is 1.62. The van der Waals surface area contributed by atoms with Crippen molar-refractivity contribution in [1.82, 2.24) is 9.97 Å². The number of halogens is 1. The Labute approximate surface area is 103 Å². The van der Waals surface area contributed by atoms with Gasteiger partial charge < -0.3 is 10.7 Å². The number of para-hydroxylation sites is 1. The molecule has 0 fully saturated rings. The first-order valence-electron chi connectivity index (χ1n) is 5.66. The predicted octanol–water partition coefficient (Wildman–Crippen LogP) is 3.26. The van der Waals surface area contributed by atoms with Gasteiger partial charge in [-0.25, -0.2) is 9.37 Å². The number of anilines is 1. The lowest BCUT2D eigenvalue weighted by atomic mass is 10.1. The van der Waals surface area contributed by atoms with Gasteiger partial charge in [0.25, 0.3) is 0 Å². The Morgan fingerprint density at radius 2 is 2.06 bits per heavy atom. The van der Waals surface area contributed by atoms with E-state index in [0.29, 0.717) is 22.5 Å². The minimum atomic E-state index is -0.332. The lowest BCUT2D eigenvalue weighted by molar-refractivity contribution is 0.637. The Morgan fingerprint density at radius 1 is 1.22 bits per heavy atom. The van der Waals surface area contributed by atoms with Crippen LogP contribution in [0.4, 0.5) is 10.1 Å². The number of imidazole rings is 1. The first kappa shape index (κ1) is 10.8. The number of nitrogens with two attached hydrogens (primary N) is 1. The van der Waals surface area contributed by atoms with E-state index in [9.17, 15) is 4.39 Å². The highest BCUT2D eigenvalue weighted by Gasteiger charge is 2.10. The molecular formula is C14H12FN3. The van der Waals surface area contributed by atoms with Crippen LogP contribution in [0.25, 0.3) is 22.4 Å². The number of fused-ring (bicyclic) bond motifs is 1. The predicted molar refractivity (Wildman–Crippen MR) is 70.6 cm³/mol. The molecule has 0 radical (unpaired) electrons. The number of H-pyrrole nitrogens is 1. The van der Waals surface area contributed by atoms with Crippen LogP contribution in [0, 0.1) is 12.7 Å². The summed E-state index contributed by atoms with van der Waals surface area (Å²) in [7, 11) is 0. The lowest BCUT2D eigenvalue weighted by Crippen LogP contribution is -1.91. The number of hydrogen-bond acceptors (Lipinski definition) is 2. The van der Waals surface area contributed by atoms with Crippen molar-refractivity contribution < 1.29 is 4.39 Å². The van der Waals surface area contributed by atoms with Gasteiger partial charge in [-0.2, -0.15) is 0 Å². The third-order valence-corrected chi connectivity index (χ3v) is 2.93. The average molecular weight is 241 g/mol. The van der Waals surface area contributed by atoms with E-state index in [1.54, 1.807) is 12.1 Å². The van der Waals surface area contributed by atoms with Gasteiger partial charge in [0, 0.05) is 11.3 Å². The number of nitrogens with zero attached hydrogens (tertiary/aromatic N) is 1. The van der Waals surface area contributed by atoms with Crippen LogP contribution in [-0.2, 0) is 0 Å². The van der Waals surface area contributed by atoms with Crippen molar-refractivity contribution in [2.45, 2.75) is 6.92 Å². The molecule has 0 amide bonds. The molecule has 3 N–H and O–H groups in total. The minimum absolute atomic E-state index is 0.332. The van der Waals surface area contributed by atoms with E-state index in [1.165, 1.54) is 6.07 Å². The molecule has 0 atom stereocenters. The Kier molecular flexibility index (Phi) is 2.30. The van der Waals surface area contributed by atoms with E-state index >= 15 is 0 Å². The number of hydrogen-bond donors (Lipinski definition) is 2. The molecule has 0 spiro atoms. The Bertz CT molecular complexity index is 731. The van der Waals surface area contributed by atoms with Crippen molar-refractivity contribution in [3.8, 4) is 11.4 Å². The summed E-state index contributed by atoms with van der Waals surface area (Å²) >= 11 is 0. The quantitative estimate of drug-likeness (QED) is 0.642. The van der Waals surface area contributed by atoms with E-state index in [2.05, 4.69) is 9.97 Å². The van der Waals surface area contributed by atoms with E-state index < -0.39 is 0 Å². The molecule has 18 heavy (non-hydrogen) atoms. The minimum Gasteiger partial charge on any atom is -0.398 e. The van der Waals surface area contributed by atoms with Crippen molar-refractivity contribution in [2.24, 2.45) is 0 Å². The molecule has 1 heterocycles. The first-order valence-corrected chi connectivity index (χ1v) is 5.66. The fraction of sp³-hybridized carbons (Fsp3) is 0.0714. The van der Waals surface area contributed by atoms with Gasteiger partial charge in [-0.1, -0.05) is 17.7 Å². The smallest absolute Gasteiger partial charge is 0.151 e. The molecule has 0 saturated carbocycles. The normalized spacial score (nSPS) is 11.0. The van der Waals surface area contributed by atoms with Crippen LogP contribution >= 0.6 is 0 Å². The summed E-state index contributed by atoms with van der Waals surface area (Å²) < 4.78 is 13.6.